The molecule has 2 amide bonds. The van der Waals surface area contributed by atoms with Crippen LogP contribution in [0.15, 0.2) is 76.8 Å². The predicted molar refractivity (Wildman–Crippen MR) is 110 cm³/mol. The molecule has 28 heavy (non-hydrogen) atoms. The Bertz CT molecular complexity index is 1030. The Kier molecular flexibility index (Phi) is 5.12. The highest BCUT2D eigenvalue weighted by Gasteiger charge is 2.29. The largest absolute Gasteiger partial charge is 0.350 e. The summed E-state index contributed by atoms with van der Waals surface area (Å²) in [4.78, 5) is 32.5. The van der Waals surface area contributed by atoms with Crippen LogP contribution >= 0.6 is 11.8 Å². The van der Waals surface area contributed by atoms with Crippen molar-refractivity contribution in [3.63, 3.8) is 0 Å². The van der Waals surface area contributed by atoms with Crippen molar-refractivity contribution in [2.75, 3.05) is 11.4 Å². The molecule has 0 aliphatic carbocycles. The van der Waals surface area contributed by atoms with Crippen LogP contribution in [-0.4, -0.2) is 23.3 Å². The highest BCUT2D eigenvalue weighted by molar-refractivity contribution is 7.99. The summed E-state index contributed by atoms with van der Waals surface area (Å²) in [6.07, 6.45) is 1.69. The first kappa shape index (κ1) is 18.3. The van der Waals surface area contributed by atoms with Crippen LogP contribution in [0.2, 0.25) is 0 Å². The Morgan fingerprint density at radius 1 is 1.07 bits per heavy atom. The van der Waals surface area contributed by atoms with Gasteiger partial charge in [0.15, 0.2) is 0 Å². The number of hydrogen-bond acceptors (Lipinski definition) is 4. The van der Waals surface area contributed by atoms with E-state index in [0.29, 0.717) is 22.8 Å². The van der Waals surface area contributed by atoms with Crippen molar-refractivity contribution in [3.05, 3.63) is 83.6 Å². The highest BCUT2D eigenvalue weighted by atomic mass is 32.2. The van der Waals surface area contributed by atoms with Crippen LogP contribution in [0.25, 0.3) is 0 Å². The van der Waals surface area contributed by atoms with Gasteiger partial charge in [-0.3, -0.25) is 14.5 Å². The van der Waals surface area contributed by atoms with Gasteiger partial charge < -0.3 is 5.32 Å². The quantitative estimate of drug-likeness (QED) is 0.737. The molecule has 1 aliphatic rings. The van der Waals surface area contributed by atoms with Crippen LogP contribution in [0.5, 0.6) is 0 Å². The van der Waals surface area contributed by atoms with E-state index in [9.17, 15) is 9.59 Å². The number of anilines is 1. The van der Waals surface area contributed by atoms with Gasteiger partial charge in [0.25, 0.3) is 5.91 Å². The standard InChI is InChI=1S/C22H19N3O2S/c1-15-8-10-16(11-9-15)13-24-20(26)14-25-18-6-4-12-23-21(18)28-19-7-3-2-5-17(19)22(25)27/h2-12H,13-14H2,1H3,(H,24,26). The molecule has 0 radical (unpaired) electrons. The monoisotopic (exact) mass is 389 g/mol. The van der Waals surface area contributed by atoms with Gasteiger partial charge in [-0.05, 0) is 36.8 Å². The fourth-order valence-corrected chi connectivity index (χ4v) is 4.04. The molecule has 5 nitrogen and oxygen atoms in total. The molecule has 6 heteroatoms. The highest BCUT2D eigenvalue weighted by Crippen LogP contribution is 2.39. The molecule has 4 rings (SSSR count). The molecule has 0 saturated carbocycles. The molecule has 0 spiro atoms. The maximum Gasteiger partial charge on any atom is 0.259 e. The third kappa shape index (κ3) is 3.77. The molecule has 1 aliphatic heterocycles. The Hall–Kier alpha value is -3.12. The van der Waals surface area contributed by atoms with Gasteiger partial charge in [-0.2, -0.15) is 0 Å². The smallest absolute Gasteiger partial charge is 0.259 e. The minimum Gasteiger partial charge on any atom is -0.350 e. The molecule has 3 aromatic rings. The fraction of sp³-hybridized carbons (Fsp3) is 0.136. The van der Waals surface area contributed by atoms with Crippen molar-refractivity contribution < 1.29 is 9.59 Å². The normalized spacial score (nSPS) is 12.8. The summed E-state index contributed by atoms with van der Waals surface area (Å²) in [6, 6.07) is 19.0. The van der Waals surface area contributed by atoms with Crippen LogP contribution in [-0.2, 0) is 11.3 Å². The minimum atomic E-state index is -0.215. The molecular weight excluding hydrogens is 370 g/mol. The Balaban J connectivity index is 1.56. The molecule has 2 aromatic carbocycles. The van der Waals surface area contributed by atoms with Crippen LogP contribution in [0.4, 0.5) is 5.69 Å². The number of amides is 2. The first-order valence-corrected chi connectivity index (χ1v) is 9.79. The number of carbonyl (C=O) groups is 2. The number of benzene rings is 2. The number of carbonyl (C=O) groups excluding carboxylic acids is 2. The summed E-state index contributed by atoms with van der Waals surface area (Å²) < 4.78 is 0. The number of rotatable bonds is 4. The van der Waals surface area contributed by atoms with E-state index >= 15 is 0 Å². The van der Waals surface area contributed by atoms with E-state index in [1.165, 1.54) is 22.2 Å². The Morgan fingerprint density at radius 3 is 2.68 bits per heavy atom. The molecule has 0 saturated heterocycles. The SMILES string of the molecule is Cc1ccc(CNC(=O)CN2C(=O)c3ccccc3Sc3ncccc32)cc1. The third-order valence-electron chi connectivity index (χ3n) is 4.52. The van der Waals surface area contributed by atoms with Gasteiger partial charge in [0.05, 0.1) is 11.3 Å². The predicted octanol–water partition coefficient (Wildman–Crippen LogP) is 3.82. The minimum absolute atomic E-state index is 0.0573. The van der Waals surface area contributed by atoms with E-state index in [2.05, 4.69) is 10.3 Å². The van der Waals surface area contributed by atoms with Crippen LogP contribution in [0.1, 0.15) is 21.5 Å². The van der Waals surface area contributed by atoms with Crippen molar-refractivity contribution >= 4 is 29.3 Å². The third-order valence-corrected chi connectivity index (χ3v) is 5.61. The second kappa shape index (κ2) is 7.86. The zero-order valence-corrected chi connectivity index (χ0v) is 16.2. The molecule has 140 valence electrons. The van der Waals surface area contributed by atoms with Crippen molar-refractivity contribution in [3.8, 4) is 0 Å². The van der Waals surface area contributed by atoms with Crippen LogP contribution in [0, 0.1) is 6.92 Å². The molecule has 1 aromatic heterocycles. The van der Waals surface area contributed by atoms with Crippen LogP contribution in [0.3, 0.4) is 0 Å². The van der Waals surface area contributed by atoms with E-state index in [-0.39, 0.29) is 18.4 Å². The first-order chi connectivity index (χ1) is 13.6. The number of aromatic nitrogens is 1. The summed E-state index contributed by atoms with van der Waals surface area (Å²) in [5, 5.41) is 3.62. The molecule has 0 fully saturated rings. The van der Waals surface area contributed by atoms with Crippen molar-refractivity contribution in [2.24, 2.45) is 0 Å². The second-order valence-electron chi connectivity index (χ2n) is 6.58. The Morgan fingerprint density at radius 2 is 1.86 bits per heavy atom. The zero-order chi connectivity index (χ0) is 19.5. The second-order valence-corrected chi connectivity index (χ2v) is 7.61. The number of nitrogens with one attached hydrogen (secondary N) is 1. The average Bonchev–Trinajstić information content (AvgIpc) is 2.83. The van der Waals surface area contributed by atoms with E-state index in [4.69, 9.17) is 0 Å². The molecule has 0 atom stereocenters. The van der Waals surface area contributed by atoms with E-state index < -0.39 is 0 Å². The molecule has 2 heterocycles. The summed E-state index contributed by atoms with van der Waals surface area (Å²) in [6.45, 7) is 2.39. The average molecular weight is 389 g/mol. The Labute approximate surface area is 167 Å². The lowest BCUT2D eigenvalue weighted by molar-refractivity contribution is -0.119. The lowest BCUT2D eigenvalue weighted by Crippen LogP contribution is -2.40. The summed E-state index contributed by atoms with van der Waals surface area (Å²) in [5.74, 6) is -0.409. The van der Waals surface area contributed by atoms with Gasteiger partial charge in [0, 0.05) is 17.6 Å². The maximum absolute atomic E-state index is 13.2. The number of fused-ring (bicyclic) bond motifs is 2. The first-order valence-electron chi connectivity index (χ1n) is 8.98. The number of pyridine rings is 1. The van der Waals surface area contributed by atoms with Crippen molar-refractivity contribution in [1.82, 2.24) is 10.3 Å². The zero-order valence-electron chi connectivity index (χ0n) is 15.4. The van der Waals surface area contributed by atoms with Crippen molar-refractivity contribution in [1.29, 1.82) is 0 Å². The molecular formula is C22H19N3O2S. The molecule has 1 N–H and O–H groups in total. The van der Waals surface area contributed by atoms with Gasteiger partial charge in [0.1, 0.15) is 11.6 Å². The van der Waals surface area contributed by atoms with Gasteiger partial charge in [-0.15, -0.1) is 0 Å². The molecule has 0 bridgehead atoms. The number of nitrogens with zero attached hydrogens (tertiary/aromatic N) is 2. The summed E-state index contributed by atoms with van der Waals surface area (Å²) in [7, 11) is 0. The topological polar surface area (TPSA) is 62.3 Å². The lowest BCUT2D eigenvalue weighted by Gasteiger charge is -2.22. The summed E-state index contributed by atoms with van der Waals surface area (Å²) >= 11 is 1.44. The maximum atomic E-state index is 13.2. The van der Waals surface area contributed by atoms with Gasteiger partial charge >= 0.3 is 0 Å². The van der Waals surface area contributed by atoms with Gasteiger partial charge in [-0.25, -0.2) is 4.98 Å². The van der Waals surface area contributed by atoms with Gasteiger partial charge in [0.2, 0.25) is 5.91 Å². The van der Waals surface area contributed by atoms with Gasteiger partial charge in [-0.1, -0.05) is 53.7 Å². The lowest BCUT2D eigenvalue weighted by atomic mass is 10.1. The fourth-order valence-electron chi connectivity index (χ4n) is 3.02. The summed E-state index contributed by atoms with van der Waals surface area (Å²) in [5.41, 5.74) is 3.42. The molecule has 0 unspecified atom stereocenters. The van der Waals surface area contributed by atoms with Crippen molar-refractivity contribution in [2.45, 2.75) is 23.4 Å². The van der Waals surface area contributed by atoms with E-state index in [1.807, 2.05) is 55.5 Å². The number of aryl methyl sites for hydroxylation is 1. The van der Waals surface area contributed by atoms with E-state index in [1.54, 1.807) is 18.3 Å². The number of hydrogen-bond donors (Lipinski definition) is 1. The van der Waals surface area contributed by atoms with E-state index in [0.717, 1.165) is 10.5 Å². The van der Waals surface area contributed by atoms with Crippen LogP contribution < -0.4 is 10.2 Å².